The van der Waals surface area contributed by atoms with E-state index >= 15 is 0 Å². The van der Waals surface area contributed by atoms with Crippen molar-refractivity contribution in [3.63, 3.8) is 0 Å². The van der Waals surface area contributed by atoms with Crippen molar-refractivity contribution in [2.75, 3.05) is 0 Å². The fourth-order valence-corrected chi connectivity index (χ4v) is 9.23. The number of allylic oxidation sites excluding steroid dienone is 3. The highest BCUT2D eigenvalue weighted by molar-refractivity contribution is 5.66. The van der Waals surface area contributed by atoms with Crippen LogP contribution in [0.1, 0.15) is 113 Å². The first-order valence-corrected chi connectivity index (χ1v) is 13.4. The normalized spacial score (nSPS) is 42.1. The van der Waals surface area contributed by atoms with Crippen molar-refractivity contribution in [1.29, 1.82) is 0 Å². The van der Waals surface area contributed by atoms with E-state index in [1.807, 2.05) is 0 Å². The van der Waals surface area contributed by atoms with Gasteiger partial charge < -0.3 is 10.2 Å². The van der Waals surface area contributed by atoms with Crippen molar-refractivity contribution >= 4 is 5.97 Å². The Kier molecular flexibility index (Phi) is 7.37. The summed E-state index contributed by atoms with van der Waals surface area (Å²) in [6, 6.07) is 0. The molecule has 0 bridgehead atoms. The van der Waals surface area contributed by atoms with Crippen molar-refractivity contribution < 1.29 is 15.0 Å². The van der Waals surface area contributed by atoms with E-state index in [1.165, 1.54) is 24.0 Å². The van der Waals surface area contributed by atoms with Gasteiger partial charge in [0.1, 0.15) is 0 Å². The largest absolute Gasteiger partial charge is 0.481 e. The second kappa shape index (κ2) is 9.17. The standard InChI is InChI=1S/C30H50O3/c1-20(2)10-9-16-30(8,33)24-14-18-28(6)23(24)11-12-25-27(5,17-15-26(31)32)22(21(3)4)13-19-29(25,28)7/h10,22-25,33H,3,9,11-19H2,1-2,4-8H3,(H,31,32)/t22-,23+,24-,25+,27-,28+,29+,30?/m0/s1. The molecule has 0 saturated heterocycles. The Balaban J connectivity index is 1.91. The molecule has 0 aromatic heterocycles. The molecular formula is C30H50O3. The van der Waals surface area contributed by atoms with Crippen molar-refractivity contribution in [2.24, 2.45) is 39.9 Å². The van der Waals surface area contributed by atoms with Crippen LogP contribution in [0, 0.1) is 39.9 Å². The lowest BCUT2D eigenvalue weighted by Crippen LogP contribution is -2.60. The van der Waals surface area contributed by atoms with Gasteiger partial charge in [0.05, 0.1) is 5.60 Å². The number of hydrogen-bond donors (Lipinski definition) is 2. The molecule has 3 fully saturated rings. The van der Waals surface area contributed by atoms with E-state index in [0.29, 0.717) is 23.7 Å². The van der Waals surface area contributed by atoms with Gasteiger partial charge in [-0.1, -0.05) is 44.6 Å². The molecule has 33 heavy (non-hydrogen) atoms. The molecule has 3 saturated carbocycles. The SMILES string of the molecule is C=C(C)[C@@H]1CC[C@]2(C)[C@H](CC[C@@H]3[C@@H](C(C)(O)CCC=C(C)C)CC[C@]32C)[C@@]1(C)CCC(=O)O. The number of carboxylic acids is 1. The molecule has 0 aromatic rings. The molecule has 3 rings (SSSR count). The molecule has 3 aliphatic rings. The van der Waals surface area contributed by atoms with Crippen molar-refractivity contribution in [3.05, 3.63) is 23.8 Å². The van der Waals surface area contributed by atoms with Crippen LogP contribution in [0.5, 0.6) is 0 Å². The van der Waals surface area contributed by atoms with Gasteiger partial charge in [-0.05, 0) is 125 Å². The van der Waals surface area contributed by atoms with Crippen LogP contribution < -0.4 is 0 Å². The lowest BCUT2D eigenvalue weighted by atomic mass is 9.38. The van der Waals surface area contributed by atoms with Crippen LogP contribution in [0.3, 0.4) is 0 Å². The molecular weight excluding hydrogens is 408 g/mol. The predicted molar refractivity (Wildman–Crippen MR) is 137 cm³/mol. The minimum Gasteiger partial charge on any atom is -0.481 e. The fourth-order valence-electron chi connectivity index (χ4n) is 9.23. The number of hydrogen-bond acceptors (Lipinski definition) is 2. The fraction of sp³-hybridized carbons (Fsp3) is 0.833. The average Bonchev–Trinajstić information content (AvgIpc) is 3.05. The zero-order valence-electron chi connectivity index (χ0n) is 22.5. The number of aliphatic carboxylic acids is 1. The van der Waals surface area contributed by atoms with Gasteiger partial charge in [-0.15, -0.1) is 0 Å². The van der Waals surface area contributed by atoms with E-state index in [2.05, 4.69) is 61.1 Å². The maximum absolute atomic E-state index is 11.6. The van der Waals surface area contributed by atoms with Crippen LogP contribution in [0.15, 0.2) is 23.8 Å². The summed E-state index contributed by atoms with van der Waals surface area (Å²) >= 11 is 0. The smallest absolute Gasteiger partial charge is 0.303 e. The lowest BCUT2D eigenvalue weighted by molar-refractivity contribution is -0.179. The van der Waals surface area contributed by atoms with E-state index in [0.717, 1.165) is 44.9 Å². The van der Waals surface area contributed by atoms with Gasteiger partial charge in [0.25, 0.3) is 0 Å². The molecule has 3 aliphatic carbocycles. The minimum atomic E-state index is -0.683. The Morgan fingerprint density at radius 1 is 1.06 bits per heavy atom. The Hall–Kier alpha value is -1.09. The van der Waals surface area contributed by atoms with E-state index in [-0.39, 0.29) is 22.7 Å². The van der Waals surface area contributed by atoms with Crippen LogP contribution in [0.2, 0.25) is 0 Å². The molecule has 0 aromatic carbocycles. The third kappa shape index (κ3) is 4.48. The Morgan fingerprint density at radius 2 is 1.70 bits per heavy atom. The van der Waals surface area contributed by atoms with Crippen LogP contribution in [0.4, 0.5) is 0 Å². The van der Waals surface area contributed by atoms with Crippen molar-refractivity contribution in [2.45, 2.75) is 118 Å². The minimum absolute atomic E-state index is 0.0186. The van der Waals surface area contributed by atoms with Gasteiger partial charge in [-0.2, -0.15) is 0 Å². The summed E-state index contributed by atoms with van der Waals surface area (Å²) in [5.74, 6) is 1.13. The monoisotopic (exact) mass is 458 g/mol. The molecule has 8 atom stereocenters. The lowest BCUT2D eigenvalue weighted by Gasteiger charge is -2.66. The number of carboxylic acid groups (broad SMARTS) is 1. The maximum atomic E-state index is 11.6. The zero-order chi connectivity index (χ0) is 24.8. The number of rotatable bonds is 8. The second-order valence-corrected chi connectivity index (χ2v) is 13.2. The molecule has 1 unspecified atom stereocenters. The topological polar surface area (TPSA) is 57.5 Å². The summed E-state index contributed by atoms with van der Waals surface area (Å²) < 4.78 is 0. The van der Waals surface area contributed by atoms with Crippen LogP contribution in [-0.4, -0.2) is 21.8 Å². The molecule has 0 amide bonds. The first-order valence-electron chi connectivity index (χ1n) is 13.4. The molecule has 0 aliphatic heterocycles. The number of carbonyl (C=O) groups is 1. The van der Waals surface area contributed by atoms with Crippen LogP contribution in [-0.2, 0) is 4.79 Å². The number of aliphatic hydroxyl groups is 1. The first-order chi connectivity index (χ1) is 15.2. The summed E-state index contributed by atoms with van der Waals surface area (Å²) in [6.07, 6.45) is 11.9. The third-order valence-electron chi connectivity index (χ3n) is 11.1. The van der Waals surface area contributed by atoms with E-state index in [9.17, 15) is 15.0 Å². The quantitative estimate of drug-likeness (QED) is 0.365. The highest BCUT2D eigenvalue weighted by atomic mass is 16.4. The summed E-state index contributed by atoms with van der Waals surface area (Å²) in [6.45, 7) is 20.3. The van der Waals surface area contributed by atoms with Gasteiger partial charge in [0, 0.05) is 6.42 Å². The van der Waals surface area contributed by atoms with E-state index < -0.39 is 11.6 Å². The highest BCUT2D eigenvalue weighted by Gasteiger charge is 2.67. The first kappa shape index (κ1) is 26.5. The molecule has 2 N–H and O–H groups in total. The molecule has 0 heterocycles. The molecule has 0 radical (unpaired) electrons. The summed E-state index contributed by atoms with van der Waals surface area (Å²) in [5, 5.41) is 21.1. The van der Waals surface area contributed by atoms with Crippen LogP contribution >= 0.6 is 0 Å². The highest BCUT2D eigenvalue weighted by Crippen LogP contribution is 2.74. The van der Waals surface area contributed by atoms with Crippen molar-refractivity contribution in [3.8, 4) is 0 Å². The summed E-state index contributed by atoms with van der Waals surface area (Å²) in [5.41, 5.74) is 2.29. The van der Waals surface area contributed by atoms with E-state index in [1.54, 1.807) is 0 Å². The van der Waals surface area contributed by atoms with Gasteiger partial charge in [0.2, 0.25) is 0 Å². The molecule has 0 spiro atoms. The summed E-state index contributed by atoms with van der Waals surface area (Å²) in [7, 11) is 0. The second-order valence-electron chi connectivity index (χ2n) is 13.2. The van der Waals surface area contributed by atoms with Gasteiger partial charge in [0.15, 0.2) is 0 Å². The Labute approximate surface area is 203 Å². The van der Waals surface area contributed by atoms with Crippen LogP contribution in [0.25, 0.3) is 0 Å². The Morgan fingerprint density at radius 3 is 2.27 bits per heavy atom. The predicted octanol–water partition coefficient (Wildman–Crippen LogP) is 7.79. The third-order valence-corrected chi connectivity index (χ3v) is 11.1. The van der Waals surface area contributed by atoms with E-state index in [4.69, 9.17) is 0 Å². The maximum Gasteiger partial charge on any atom is 0.303 e. The molecule has 188 valence electrons. The Bertz CT molecular complexity index is 790. The van der Waals surface area contributed by atoms with Crippen molar-refractivity contribution in [1.82, 2.24) is 0 Å². The zero-order valence-corrected chi connectivity index (χ0v) is 22.5. The molecule has 3 nitrogen and oxygen atoms in total. The number of fused-ring (bicyclic) bond motifs is 3. The summed E-state index contributed by atoms with van der Waals surface area (Å²) in [4.78, 5) is 11.6. The van der Waals surface area contributed by atoms with Gasteiger partial charge in [-0.3, -0.25) is 4.79 Å². The average molecular weight is 459 g/mol. The van der Waals surface area contributed by atoms with Gasteiger partial charge in [-0.25, -0.2) is 0 Å². The molecule has 3 heteroatoms. The van der Waals surface area contributed by atoms with Gasteiger partial charge >= 0.3 is 5.97 Å².